The summed E-state index contributed by atoms with van der Waals surface area (Å²) in [4.78, 5) is 332. The van der Waals surface area contributed by atoms with Gasteiger partial charge >= 0.3 is 53.7 Å². The van der Waals surface area contributed by atoms with Crippen LogP contribution in [0.25, 0.3) is 0 Å². The number of thioether (sulfide) groups is 1. The van der Waals surface area contributed by atoms with Gasteiger partial charge in [-0.1, -0.05) is 76.6 Å². The van der Waals surface area contributed by atoms with Gasteiger partial charge in [-0.05, 0) is 106 Å². The molecule has 0 saturated carbocycles. The van der Waals surface area contributed by atoms with Crippen molar-refractivity contribution < 1.29 is 181 Å². The number of aliphatic hydroxyl groups is 2. The van der Waals surface area contributed by atoms with Crippen molar-refractivity contribution in [2.45, 2.75) is 272 Å². The van der Waals surface area contributed by atoms with Gasteiger partial charge in [0.05, 0.1) is 38.0 Å². The molecule has 0 radical (unpaired) electrons. The molecule has 0 saturated heterocycles. The Kier molecular flexibility index (Phi) is 54.5. The van der Waals surface area contributed by atoms with Crippen molar-refractivity contribution in [2.24, 2.45) is 29.0 Å². The summed E-state index contributed by atoms with van der Waals surface area (Å²) in [6, 6.07) is -18.1. The summed E-state index contributed by atoms with van der Waals surface area (Å²) < 4.78 is 0. The summed E-state index contributed by atoms with van der Waals surface area (Å²) >= 11 is 1.02. The second-order valence-electron chi connectivity index (χ2n) is 32.8. The molecule has 0 fully saturated rings. The number of carbonyl (C=O) groups is 25. The third kappa shape index (κ3) is 47.4. The van der Waals surface area contributed by atoms with Crippen molar-refractivity contribution in [3.63, 3.8) is 0 Å². The van der Waals surface area contributed by atoms with Crippen LogP contribution in [-0.4, -0.2) is 331 Å². The Labute approximate surface area is 808 Å². The van der Waals surface area contributed by atoms with Gasteiger partial charge in [0.25, 0.3) is 0 Å². The van der Waals surface area contributed by atoms with Crippen molar-refractivity contribution in [1.29, 1.82) is 0 Å². The van der Waals surface area contributed by atoms with Crippen LogP contribution in [0.1, 0.15) is 168 Å². The maximum atomic E-state index is 15.0. The number of hydrogen-bond acceptors (Lipinski definition) is 31. The third-order valence-electron chi connectivity index (χ3n) is 21.0. The number of hydrogen-bond donors (Lipinski definition) is 30. The number of unbranched alkanes of at least 4 members (excludes halogenated alkanes) is 1. The van der Waals surface area contributed by atoms with E-state index < -0.39 is 378 Å². The molecule has 16 amide bonds. The highest BCUT2D eigenvalue weighted by molar-refractivity contribution is 7.98. The predicted octanol–water partition coefficient (Wildman–Crippen LogP) is -8.23. The Morgan fingerprint density at radius 1 is 0.333 bits per heavy atom. The zero-order valence-corrected chi connectivity index (χ0v) is 78.2. The van der Waals surface area contributed by atoms with Crippen LogP contribution in [0.3, 0.4) is 0 Å². The number of carboxylic acid groups (broad SMARTS) is 9. The summed E-state index contributed by atoms with van der Waals surface area (Å²) in [5, 5.41) is 151. The van der Waals surface area contributed by atoms with Crippen LogP contribution in [0.2, 0.25) is 0 Å². The van der Waals surface area contributed by atoms with E-state index in [1.807, 2.05) is 21.3 Å². The first-order chi connectivity index (χ1) is 66.1. The minimum absolute atomic E-state index is 0.00641. The van der Waals surface area contributed by atoms with Crippen LogP contribution in [0.4, 0.5) is 0 Å². The molecular formula is C85H124N18O37S. The van der Waals surface area contributed by atoms with Gasteiger partial charge in [-0.25, -0.2) is 4.79 Å². The number of aromatic hydroxyl groups is 1. The van der Waals surface area contributed by atoms with Crippen LogP contribution >= 0.6 is 11.8 Å². The summed E-state index contributed by atoms with van der Waals surface area (Å²) in [6.45, 7) is 5.26. The molecule has 33 N–H and O–H groups in total. The van der Waals surface area contributed by atoms with Crippen molar-refractivity contribution in [1.82, 2.24) is 79.8 Å². The second kappa shape index (κ2) is 62.9. The summed E-state index contributed by atoms with van der Waals surface area (Å²) in [5.41, 5.74) is 17.6. The van der Waals surface area contributed by atoms with Gasteiger partial charge < -0.3 is 158 Å². The maximum absolute atomic E-state index is 15.0. The van der Waals surface area contributed by atoms with E-state index in [9.17, 15) is 166 Å². The van der Waals surface area contributed by atoms with Crippen LogP contribution in [0.5, 0.6) is 5.75 Å². The Morgan fingerprint density at radius 3 is 1.06 bits per heavy atom. The lowest BCUT2D eigenvalue weighted by Gasteiger charge is -2.30. The number of phenolic OH excluding ortho intramolecular Hbond substituents is 1. The average molecular weight is 2020 g/mol. The Hall–Kier alpha value is -14.8. The minimum atomic E-state index is -2.31. The lowest BCUT2D eigenvalue weighted by Crippen LogP contribution is -2.63. The number of carbonyl (C=O) groups excluding carboxylic acids is 16. The molecular weight excluding hydrogens is 1900 g/mol. The number of nitrogens with two attached hydrogens (primary N) is 3. The first-order valence-electron chi connectivity index (χ1n) is 44.1. The largest absolute Gasteiger partial charge is 0.508 e. The van der Waals surface area contributed by atoms with Crippen molar-refractivity contribution in [3.05, 3.63) is 65.7 Å². The number of primary amides is 1. The molecule has 0 aliphatic heterocycles. The zero-order valence-electron chi connectivity index (χ0n) is 77.3. The summed E-state index contributed by atoms with van der Waals surface area (Å²) in [5.74, 6) is -38.6. The van der Waals surface area contributed by atoms with Crippen LogP contribution in [0, 0.1) is 11.8 Å². The van der Waals surface area contributed by atoms with Crippen molar-refractivity contribution in [2.75, 3.05) is 18.9 Å². The van der Waals surface area contributed by atoms with Gasteiger partial charge in [0.1, 0.15) is 96.4 Å². The van der Waals surface area contributed by atoms with Gasteiger partial charge in [-0.15, -0.1) is 0 Å². The average Bonchev–Trinajstić information content (AvgIpc) is 0.826. The number of amides is 16. The van der Waals surface area contributed by atoms with Crippen molar-refractivity contribution in [3.8, 4) is 5.75 Å². The highest BCUT2D eigenvalue weighted by Gasteiger charge is 2.42. The number of nitrogens with one attached hydrogen (secondary N) is 15. The molecule has 2 aromatic rings. The number of aliphatic hydroxyl groups excluding tert-OH is 2. The van der Waals surface area contributed by atoms with E-state index in [-0.39, 0.29) is 49.3 Å². The van der Waals surface area contributed by atoms with Crippen LogP contribution in [-0.2, 0) is 132 Å². The predicted molar refractivity (Wildman–Crippen MR) is 484 cm³/mol. The SMILES string of the molecule is CC[C@H](C)[C@H](NC(=O)[C@H](Cc1ccc(O)cc1)NC(=O)[C@@H](NC(=O)[C@H](CC(=O)O)NC(=O)[C@H](CO)NC(=O)[C@H](CC(=O)O)NC(=O)[C@@H](N)CCC(=O)O)[C@@H](C)O)C(=O)N[C@@H](CSCc1ccccc1)C(=O)N[C@@H](CCC(=O)O)C(=O)N[C@H](C(=O)N[C@@H](CCC(=O)O)C(=O)N[C@@H](CC(=O)O)C(=O)N[C@@H](CCC(N)=O)C(=O)N[C@@H](CCCCN)C(=O)N[C@@H](CCC(=O)O)C(=O)N[C@@H](CCC(=O)O)C(=O)O)C(C)C. The van der Waals surface area contributed by atoms with Gasteiger partial charge in [0.2, 0.25) is 94.5 Å². The quantitative estimate of drug-likeness (QED) is 0.0274. The van der Waals surface area contributed by atoms with Gasteiger partial charge in [0, 0.05) is 56.5 Å². The lowest BCUT2D eigenvalue weighted by molar-refractivity contribution is -0.144. The van der Waals surface area contributed by atoms with Crippen LogP contribution < -0.4 is 97.0 Å². The van der Waals surface area contributed by atoms with E-state index >= 15 is 4.79 Å². The molecule has 0 spiro atoms. The third-order valence-corrected chi connectivity index (χ3v) is 22.1. The van der Waals surface area contributed by atoms with Gasteiger partial charge in [0.15, 0.2) is 0 Å². The van der Waals surface area contributed by atoms with E-state index in [0.717, 1.165) is 18.7 Å². The molecule has 0 aliphatic rings. The minimum Gasteiger partial charge on any atom is -0.508 e. The molecule has 782 valence electrons. The number of rotatable bonds is 70. The van der Waals surface area contributed by atoms with E-state index in [4.69, 9.17) is 27.4 Å². The van der Waals surface area contributed by atoms with E-state index in [1.54, 1.807) is 37.3 Å². The molecule has 0 bridgehead atoms. The van der Waals surface area contributed by atoms with Gasteiger partial charge in [-0.3, -0.25) is 115 Å². The summed E-state index contributed by atoms with van der Waals surface area (Å²) in [6.07, 6.45) is -15.6. The summed E-state index contributed by atoms with van der Waals surface area (Å²) in [7, 11) is 0. The number of benzene rings is 2. The van der Waals surface area contributed by atoms with Gasteiger partial charge in [-0.2, -0.15) is 11.8 Å². The topological polar surface area (TPSA) is 928 Å². The first kappa shape index (κ1) is 122. The normalized spacial score (nSPS) is 14.9. The van der Waals surface area contributed by atoms with E-state index in [0.29, 0.717) is 5.56 Å². The molecule has 0 aliphatic carbocycles. The number of carboxylic acids is 9. The Bertz CT molecular complexity index is 4720. The lowest BCUT2D eigenvalue weighted by atomic mass is 9.96. The smallest absolute Gasteiger partial charge is 0.326 e. The second-order valence-corrected chi connectivity index (χ2v) is 33.8. The fraction of sp³-hybridized carbons (Fsp3) is 0.565. The molecule has 55 nitrogen and oxygen atoms in total. The molecule has 0 unspecified atom stereocenters. The Morgan fingerprint density at radius 2 is 0.652 bits per heavy atom. The fourth-order valence-corrected chi connectivity index (χ4v) is 14.0. The number of phenols is 1. The Balaban J connectivity index is 2.70. The monoisotopic (exact) mass is 2020 g/mol. The van der Waals surface area contributed by atoms with Crippen LogP contribution in [0.15, 0.2) is 54.6 Å². The molecule has 56 heteroatoms. The highest BCUT2D eigenvalue weighted by Crippen LogP contribution is 2.20. The molecule has 141 heavy (non-hydrogen) atoms. The maximum Gasteiger partial charge on any atom is 0.326 e. The number of aliphatic carboxylic acids is 9. The van der Waals surface area contributed by atoms with E-state index in [1.165, 1.54) is 45.0 Å². The van der Waals surface area contributed by atoms with Crippen molar-refractivity contribution >= 4 is 160 Å². The highest BCUT2D eigenvalue weighted by atomic mass is 32.2. The molecule has 2 rings (SSSR count). The molecule has 18 atom stereocenters. The fourth-order valence-electron chi connectivity index (χ4n) is 13.0. The molecule has 0 heterocycles. The molecule has 2 aromatic carbocycles. The molecule has 0 aromatic heterocycles. The zero-order chi connectivity index (χ0) is 107. The van der Waals surface area contributed by atoms with E-state index in [2.05, 4.69) is 58.5 Å². The first-order valence-corrected chi connectivity index (χ1v) is 45.2. The standard InChI is InChI=1S/C85H124N18O37S/c1-6-40(4)68(102-78(132)52(32-42-15-17-44(106)18-16-42)98-84(138)69(41(5)105)103-79(133)55(35-66(122)123)97-80(134)56(36-104)99-77(131)53(33-64(118)119)95-70(124)45(87)19-26-59(108)109)83(137)100-57(38-141-37-43-12-8-7-9-13-43)81(135)92-50(23-29-62(114)115)75(129)101-67(39(2)3)82(136)93-49(22-28-61(112)113)74(128)96-54(34-65(120)121)76(130)91-47(20-25-58(88)107)72(126)89-46(14-10-11-31-86)71(125)90-48(21-27-60(110)111)73(127)94-51(85(139)140)24-30-63(116)117/h7-9,12-13,15-18,39-41,45-57,67-69,104-106H,6,10-11,14,19-38,86-87H2,1-5H3,(H2,88,107)(H,89,126)(H,90,125)(H,91,130)(H,92,135)(H,93,136)(H,94,127)(H,95,124)(H,96,128)(H,97,134)(H,98,138)(H,99,131)(H,100,137)(H,101,129)(H,102,132)(H,103,133)(H,108,109)(H,110,111)(H,112,113)(H,114,115)(H,116,117)(H,118,119)(H,120,121)(H,122,123)(H,139,140)/t40-,41+,45-,46-,47-,48-,49-,50-,51-,52-,53-,54-,55-,56-,57-,67-,68-,69-/m0/s1.